The highest BCUT2D eigenvalue weighted by molar-refractivity contribution is 7.84. The summed E-state index contributed by atoms with van der Waals surface area (Å²) >= 11 is 0. The van der Waals surface area contributed by atoms with Crippen molar-refractivity contribution in [2.75, 3.05) is 22.2 Å². The number of nitrogens with zero attached hydrogens (tertiary/aromatic N) is 3. The van der Waals surface area contributed by atoms with Crippen molar-refractivity contribution in [2.45, 2.75) is 11.8 Å². The van der Waals surface area contributed by atoms with Gasteiger partial charge in [0.2, 0.25) is 11.9 Å². The van der Waals surface area contributed by atoms with E-state index in [1.807, 2.05) is 24.3 Å². The second-order valence-corrected chi connectivity index (χ2v) is 7.89. The van der Waals surface area contributed by atoms with E-state index in [0.29, 0.717) is 28.0 Å². The Hall–Kier alpha value is -3.79. The first-order chi connectivity index (χ1) is 14.5. The van der Waals surface area contributed by atoms with Gasteiger partial charge in [-0.2, -0.15) is 10.1 Å². The Labute approximate surface area is 174 Å². The molecule has 30 heavy (non-hydrogen) atoms. The van der Waals surface area contributed by atoms with Crippen LogP contribution in [0.3, 0.4) is 0 Å². The van der Waals surface area contributed by atoms with Gasteiger partial charge in [0.05, 0.1) is 33.6 Å². The summed E-state index contributed by atoms with van der Waals surface area (Å²) in [7, 11) is -1.29. The Balaban J connectivity index is 1.62. The minimum Gasteiger partial charge on any atom is -0.339 e. The van der Waals surface area contributed by atoms with E-state index >= 15 is 0 Å². The molecule has 0 radical (unpaired) electrons. The number of aromatic nitrogens is 4. The van der Waals surface area contributed by atoms with Gasteiger partial charge in [-0.25, -0.2) is 4.98 Å². The van der Waals surface area contributed by atoms with Crippen molar-refractivity contribution in [3.05, 3.63) is 54.9 Å². The number of amides is 1. The first kappa shape index (κ1) is 19.5. The van der Waals surface area contributed by atoms with Crippen LogP contribution in [0.15, 0.2) is 59.8 Å². The van der Waals surface area contributed by atoms with Crippen LogP contribution in [-0.2, 0) is 15.6 Å². The van der Waals surface area contributed by atoms with Crippen molar-refractivity contribution < 1.29 is 9.00 Å². The van der Waals surface area contributed by atoms with Crippen LogP contribution in [0.5, 0.6) is 0 Å². The summed E-state index contributed by atoms with van der Waals surface area (Å²) < 4.78 is 12.2. The Bertz CT molecular complexity index is 1250. The number of hydrogen-bond donors (Lipinski definition) is 4. The van der Waals surface area contributed by atoms with E-state index in [4.69, 9.17) is 0 Å². The maximum Gasteiger partial charge on any atom is 0.229 e. The van der Waals surface area contributed by atoms with E-state index < -0.39 is 10.8 Å². The number of carbonyl (C=O) groups is 1. The largest absolute Gasteiger partial charge is 0.339 e. The SMILES string of the molecule is CC(=O)Nc1cccc(Nc2nc(Nc3ccc4[nH]ncc4c3)ncc2S(C)=O)c1. The lowest BCUT2D eigenvalue weighted by Gasteiger charge is -2.13. The Kier molecular flexibility index (Phi) is 5.40. The van der Waals surface area contributed by atoms with Crippen LogP contribution in [0.25, 0.3) is 10.9 Å². The van der Waals surface area contributed by atoms with Crippen LogP contribution < -0.4 is 16.0 Å². The Morgan fingerprint density at radius 3 is 2.63 bits per heavy atom. The van der Waals surface area contributed by atoms with Gasteiger partial charge in [0.25, 0.3) is 0 Å². The summed E-state index contributed by atoms with van der Waals surface area (Å²) in [5.74, 6) is 0.607. The molecule has 0 aliphatic carbocycles. The number of nitrogens with one attached hydrogen (secondary N) is 4. The monoisotopic (exact) mass is 421 g/mol. The Morgan fingerprint density at radius 1 is 1.03 bits per heavy atom. The van der Waals surface area contributed by atoms with Crippen molar-refractivity contribution in [3.63, 3.8) is 0 Å². The van der Waals surface area contributed by atoms with Crippen LogP contribution >= 0.6 is 0 Å². The van der Waals surface area contributed by atoms with E-state index in [2.05, 4.69) is 36.1 Å². The molecule has 10 heteroatoms. The van der Waals surface area contributed by atoms with Crippen molar-refractivity contribution in [3.8, 4) is 0 Å². The lowest BCUT2D eigenvalue weighted by Crippen LogP contribution is -2.07. The highest BCUT2D eigenvalue weighted by Gasteiger charge is 2.12. The van der Waals surface area contributed by atoms with Gasteiger partial charge in [-0.15, -0.1) is 0 Å². The molecule has 0 saturated heterocycles. The molecule has 1 amide bonds. The van der Waals surface area contributed by atoms with Gasteiger partial charge in [0, 0.05) is 35.6 Å². The van der Waals surface area contributed by atoms with E-state index in [-0.39, 0.29) is 5.91 Å². The molecule has 0 bridgehead atoms. The van der Waals surface area contributed by atoms with Crippen LogP contribution in [0.2, 0.25) is 0 Å². The molecule has 1 atom stereocenters. The van der Waals surface area contributed by atoms with Crippen LogP contribution in [0.4, 0.5) is 28.8 Å². The lowest BCUT2D eigenvalue weighted by molar-refractivity contribution is -0.114. The van der Waals surface area contributed by atoms with Crippen LogP contribution in [0, 0.1) is 0 Å². The van der Waals surface area contributed by atoms with Crippen LogP contribution in [0.1, 0.15) is 6.92 Å². The molecule has 0 aliphatic heterocycles. The predicted molar refractivity (Wildman–Crippen MR) is 118 cm³/mol. The maximum absolute atomic E-state index is 12.2. The highest BCUT2D eigenvalue weighted by atomic mass is 32.2. The molecule has 0 saturated carbocycles. The average molecular weight is 421 g/mol. The molecule has 1 unspecified atom stereocenters. The molecule has 152 valence electrons. The number of hydrogen-bond acceptors (Lipinski definition) is 7. The minimum atomic E-state index is -1.29. The molecule has 2 aromatic heterocycles. The molecular weight excluding hydrogens is 402 g/mol. The third-order valence-electron chi connectivity index (χ3n) is 4.21. The topological polar surface area (TPSA) is 125 Å². The number of aromatic amines is 1. The standard InChI is InChI=1S/C20H19N7O2S/c1-12(28)23-14-4-3-5-15(9-14)24-19-18(30(2)29)11-21-20(26-19)25-16-6-7-17-13(8-16)10-22-27-17/h3-11H,1-2H3,(H,22,27)(H,23,28)(H2,21,24,25,26). The minimum absolute atomic E-state index is 0.161. The normalized spacial score (nSPS) is 11.8. The van der Waals surface area contributed by atoms with Crippen molar-refractivity contribution >= 4 is 56.4 Å². The predicted octanol–water partition coefficient (Wildman–Crippen LogP) is 3.54. The molecule has 4 N–H and O–H groups in total. The molecule has 2 aromatic carbocycles. The number of carbonyl (C=O) groups excluding carboxylic acids is 1. The molecule has 0 aliphatic rings. The van der Waals surface area contributed by atoms with Crippen molar-refractivity contribution in [2.24, 2.45) is 0 Å². The van der Waals surface area contributed by atoms with Crippen molar-refractivity contribution in [1.82, 2.24) is 20.2 Å². The van der Waals surface area contributed by atoms with Gasteiger partial charge in [0.1, 0.15) is 0 Å². The van der Waals surface area contributed by atoms with Gasteiger partial charge in [-0.1, -0.05) is 6.07 Å². The fraction of sp³-hybridized carbons (Fsp3) is 0.100. The smallest absolute Gasteiger partial charge is 0.229 e. The molecular formula is C20H19N7O2S. The molecule has 9 nitrogen and oxygen atoms in total. The first-order valence-corrected chi connectivity index (χ1v) is 10.6. The van der Waals surface area contributed by atoms with E-state index in [1.165, 1.54) is 13.1 Å². The van der Waals surface area contributed by atoms with Gasteiger partial charge in [-0.05, 0) is 36.4 Å². The summed E-state index contributed by atoms with van der Waals surface area (Å²) in [4.78, 5) is 20.6. The second kappa shape index (κ2) is 8.29. The zero-order valence-electron chi connectivity index (χ0n) is 16.3. The fourth-order valence-corrected chi connectivity index (χ4v) is 3.47. The van der Waals surface area contributed by atoms with Crippen LogP contribution in [-0.4, -0.2) is 36.5 Å². The van der Waals surface area contributed by atoms with E-state index in [9.17, 15) is 9.00 Å². The molecule has 0 fully saturated rings. The molecule has 0 spiro atoms. The number of benzene rings is 2. The maximum atomic E-state index is 12.2. The zero-order chi connectivity index (χ0) is 21.1. The summed E-state index contributed by atoms with van der Waals surface area (Å²) in [6.45, 7) is 1.45. The highest BCUT2D eigenvalue weighted by Crippen LogP contribution is 2.26. The Morgan fingerprint density at radius 2 is 1.83 bits per heavy atom. The van der Waals surface area contributed by atoms with Gasteiger partial charge >= 0.3 is 0 Å². The molecule has 2 heterocycles. The molecule has 4 aromatic rings. The number of anilines is 5. The fourth-order valence-electron chi connectivity index (χ4n) is 2.90. The van der Waals surface area contributed by atoms with Gasteiger partial charge in [-0.3, -0.25) is 14.1 Å². The van der Waals surface area contributed by atoms with E-state index in [1.54, 1.807) is 30.7 Å². The third-order valence-corrected chi connectivity index (χ3v) is 5.13. The van der Waals surface area contributed by atoms with Gasteiger partial charge < -0.3 is 16.0 Å². The summed E-state index contributed by atoms with van der Waals surface area (Å²) in [5.41, 5.74) is 3.07. The zero-order valence-corrected chi connectivity index (χ0v) is 17.1. The molecule has 4 rings (SSSR count). The number of fused-ring (bicyclic) bond motifs is 1. The third kappa shape index (κ3) is 4.44. The second-order valence-electron chi connectivity index (χ2n) is 6.54. The number of H-pyrrole nitrogens is 1. The van der Waals surface area contributed by atoms with Gasteiger partial charge in [0.15, 0.2) is 5.82 Å². The van der Waals surface area contributed by atoms with E-state index in [0.717, 1.165) is 16.6 Å². The summed E-state index contributed by atoms with van der Waals surface area (Å²) in [6.07, 6.45) is 4.83. The van der Waals surface area contributed by atoms with Crippen molar-refractivity contribution in [1.29, 1.82) is 0 Å². The first-order valence-electron chi connectivity index (χ1n) is 9.03. The summed E-state index contributed by atoms with van der Waals surface area (Å²) in [6, 6.07) is 12.9. The average Bonchev–Trinajstić information content (AvgIpc) is 3.15. The quantitative estimate of drug-likeness (QED) is 0.375. The summed E-state index contributed by atoms with van der Waals surface area (Å²) in [5, 5.41) is 16.9. The number of rotatable bonds is 6. The lowest BCUT2D eigenvalue weighted by atomic mass is 10.2.